The Morgan fingerprint density at radius 2 is 1.36 bits per heavy atom. The molecule has 0 saturated heterocycles. The van der Waals surface area contributed by atoms with Crippen LogP contribution >= 0.6 is 0 Å². The van der Waals surface area contributed by atoms with Gasteiger partial charge >= 0.3 is 29.6 Å². The van der Waals surface area contributed by atoms with E-state index in [9.17, 15) is 9.90 Å². The van der Waals surface area contributed by atoms with E-state index in [4.69, 9.17) is 0 Å². The molecule has 0 aliphatic heterocycles. The molecule has 0 fully saturated rings. The maximum Gasteiger partial charge on any atom is 1.00 e. The summed E-state index contributed by atoms with van der Waals surface area (Å²) in [6, 6.07) is 20.0. The van der Waals surface area contributed by atoms with E-state index >= 15 is 0 Å². The molecule has 0 aliphatic carbocycles. The van der Waals surface area contributed by atoms with Crippen LogP contribution in [0.1, 0.15) is 51.2 Å². The molecular weight excluding hydrogens is 319 g/mol. The predicted molar refractivity (Wildman–Crippen MR) is 101 cm³/mol. The third-order valence-electron chi connectivity index (χ3n) is 3.26. The summed E-state index contributed by atoms with van der Waals surface area (Å²) in [6.07, 6.45) is 4.66. The van der Waals surface area contributed by atoms with Crippen molar-refractivity contribution < 1.29 is 39.5 Å². The zero-order chi connectivity index (χ0) is 18.2. The molecule has 0 unspecified atom stereocenters. The summed E-state index contributed by atoms with van der Waals surface area (Å²) in [5.74, 6) is -0.333. The minimum absolute atomic E-state index is 0. The molecule has 0 aliphatic rings. The number of rotatable bonds is 4. The molecule has 0 atom stereocenters. The second kappa shape index (κ2) is 17.5. The van der Waals surface area contributed by atoms with Crippen molar-refractivity contribution in [2.45, 2.75) is 46.5 Å². The molecule has 0 spiro atoms. The van der Waals surface area contributed by atoms with Crippen LogP contribution in [-0.2, 0) is 11.2 Å². The standard InChI is InChI=1S/C9H10O2.C9H12.C4H8.Na/c10-9(11)7-6-8-4-2-1-3-5-8;1-8(2)9-6-4-3-5-7-9;1-3-4-2;/h1-5H,6-7H2,(H,10,11);3-8H,1-2H3;3-4H,1-2H3;/q;;;+1/p-1. The Morgan fingerprint density at radius 1 is 0.920 bits per heavy atom. The maximum atomic E-state index is 10.1. The topological polar surface area (TPSA) is 40.1 Å². The molecule has 2 rings (SSSR count). The van der Waals surface area contributed by atoms with Gasteiger partial charge in [0.05, 0.1) is 0 Å². The number of aliphatic carboxylic acids is 1. The fraction of sp³-hybridized carbons (Fsp3) is 0.318. The Morgan fingerprint density at radius 3 is 1.68 bits per heavy atom. The molecule has 2 nitrogen and oxygen atoms in total. The summed E-state index contributed by atoms with van der Waals surface area (Å²) in [5.41, 5.74) is 2.45. The van der Waals surface area contributed by atoms with Crippen LogP contribution in [0.3, 0.4) is 0 Å². The van der Waals surface area contributed by atoms with Crippen LogP contribution < -0.4 is 34.7 Å². The number of hydrogen-bond donors (Lipinski definition) is 0. The van der Waals surface area contributed by atoms with Gasteiger partial charge in [0.25, 0.3) is 0 Å². The van der Waals surface area contributed by atoms with Gasteiger partial charge in [0.15, 0.2) is 0 Å². The SMILES string of the molecule is CC(C)c1ccccc1.CC=CC.O=C([O-])CCc1ccccc1.[Na+]. The summed E-state index contributed by atoms with van der Waals surface area (Å²) < 4.78 is 0. The molecule has 0 radical (unpaired) electrons. The van der Waals surface area contributed by atoms with Crippen LogP contribution in [0.4, 0.5) is 0 Å². The van der Waals surface area contributed by atoms with Crippen LogP contribution in [0.5, 0.6) is 0 Å². The number of carbonyl (C=O) groups excluding carboxylic acids is 1. The van der Waals surface area contributed by atoms with Crippen molar-refractivity contribution in [2.75, 3.05) is 0 Å². The molecule has 3 heteroatoms. The molecule has 0 aromatic heterocycles. The molecule has 0 heterocycles. The van der Waals surface area contributed by atoms with E-state index in [-0.39, 0.29) is 36.0 Å². The van der Waals surface area contributed by atoms with E-state index in [1.807, 2.05) is 62.4 Å². The Balaban J connectivity index is 0. The van der Waals surface area contributed by atoms with Gasteiger partial charge in [-0.3, -0.25) is 0 Å². The normalized spacial score (nSPS) is 9.32. The summed E-state index contributed by atoms with van der Waals surface area (Å²) in [6.45, 7) is 8.41. The van der Waals surface area contributed by atoms with Crippen molar-refractivity contribution in [2.24, 2.45) is 0 Å². The Kier molecular flexibility index (Phi) is 18.1. The second-order valence-corrected chi connectivity index (χ2v) is 5.59. The third kappa shape index (κ3) is 15.9. The van der Waals surface area contributed by atoms with Gasteiger partial charge < -0.3 is 9.90 Å². The van der Waals surface area contributed by atoms with Gasteiger partial charge in [-0.05, 0) is 43.7 Å². The number of allylic oxidation sites excluding steroid dienone is 2. The first-order chi connectivity index (χ1) is 11.5. The number of aryl methyl sites for hydroxylation is 1. The van der Waals surface area contributed by atoms with Crippen molar-refractivity contribution in [1.82, 2.24) is 0 Å². The van der Waals surface area contributed by atoms with Gasteiger partial charge in [0.1, 0.15) is 0 Å². The average molecular weight is 348 g/mol. The molecular formula is C22H29NaO2. The van der Waals surface area contributed by atoms with Crippen LogP contribution in [0, 0.1) is 0 Å². The zero-order valence-corrected chi connectivity index (χ0v) is 18.2. The second-order valence-electron chi connectivity index (χ2n) is 5.59. The monoisotopic (exact) mass is 348 g/mol. The Labute approximate surface area is 175 Å². The number of carboxylic acids is 1. The first-order valence-electron chi connectivity index (χ1n) is 8.37. The molecule has 130 valence electrons. The van der Waals surface area contributed by atoms with Crippen molar-refractivity contribution >= 4 is 5.97 Å². The Bertz CT molecular complexity index is 559. The summed E-state index contributed by atoms with van der Waals surface area (Å²) in [7, 11) is 0. The summed E-state index contributed by atoms with van der Waals surface area (Å²) >= 11 is 0. The van der Waals surface area contributed by atoms with E-state index in [0.29, 0.717) is 12.3 Å². The van der Waals surface area contributed by atoms with Gasteiger partial charge in [0, 0.05) is 5.97 Å². The van der Waals surface area contributed by atoms with E-state index < -0.39 is 5.97 Å². The molecule has 0 N–H and O–H groups in total. The summed E-state index contributed by atoms with van der Waals surface area (Å²) in [5, 5.41) is 10.1. The van der Waals surface area contributed by atoms with Crippen molar-refractivity contribution in [3.8, 4) is 0 Å². The van der Waals surface area contributed by atoms with E-state index in [0.717, 1.165) is 5.56 Å². The van der Waals surface area contributed by atoms with Gasteiger partial charge in [0.2, 0.25) is 0 Å². The van der Waals surface area contributed by atoms with Crippen molar-refractivity contribution in [3.05, 3.63) is 83.9 Å². The van der Waals surface area contributed by atoms with Crippen LogP contribution in [-0.4, -0.2) is 5.97 Å². The average Bonchev–Trinajstić information content (AvgIpc) is 2.62. The van der Waals surface area contributed by atoms with Gasteiger partial charge in [-0.25, -0.2) is 0 Å². The minimum Gasteiger partial charge on any atom is -0.550 e. The largest absolute Gasteiger partial charge is 1.00 e. The smallest absolute Gasteiger partial charge is 0.550 e. The number of hydrogen-bond acceptors (Lipinski definition) is 2. The summed E-state index contributed by atoms with van der Waals surface area (Å²) in [4.78, 5) is 10.1. The Hall–Kier alpha value is -1.35. The van der Waals surface area contributed by atoms with E-state index in [1.165, 1.54) is 5.56 Å². The van der Waals surface area contributed by atoms with Gasteiger partial charge in [-0.15, -0.1) is 0 Å². The van der Waals surface area contributed by atoms with E-state index in [1.54, 1.807) is 0 Å². The fourth-order valence-electron chi connectivity index (χ4n) is 1.73. The number of benzene rings is 2. The van der Waals surface area contributed by atoms with Crippen LogP contribution in [0.15, 0.2) is 72.8 Å². The van der Waals surface area contributed by atoms with E-state index in [2.05, 4.69) is 38.1 Å². The maximum absolute atomic E-state index is 10.1. The number of carboxylic acid groups (broad SMARTS) is 1. The molecule has 0 amide bonds. The molecule has 2 aromatic rings. The zero-order valence-electron chi connectivity index (χ0n) is 16.2. The predicted octanol–water partition coefficient (Wildman–Crippen LogP) is 1.77. The molecule has 2 aromatic carbocycles. The fourth-order valence-corrected chi connectivity index (χ4v) is 1.73. The van der Waals surface area contributed by atoms with Crippen LogP contribution in [0.25, 0.3) is 0 Å². The molecule has 0 saturated carbocycles. The first-order valence-corrected chi connectivity index (χ1v) is 8.37. The van der Waals surface area contributed by atoms with Gasteiger partial charge in [-0.2, -0.15) is 0 Å². The van der Waals surface area contributed by atoms with Crippen molar-refractivity contribution in [3.63, 3.8) is 0 Å². The van der Waals surface area contributed by atoms with Gasteiger partial charge in [-0.1, -0.05) is 86.7 Å². The van der Waals surface area contributed by atoms with Crippen molar-refractivity contribution in [1.29, 1.82) is 0 Å². The minimum atomic E-state index is -0.992. The first kappa shape index (κ1) is 25.9. The third-order valence-corrected chi connectivity index (χ3v) is 3.26. The molecule has 25 heavy (non-hydrogen) atoms. The number of carbonyl (C=O) groups is 1. The molecule has 0 bridgehead atoms. The van der Waals surface area contributed by atoms with Crippen LogP contribution in [0.2, 0.25) is 0 Å². The quantitative estimate of drug-likeness (QED) is 0.624.